The summed E-state index contributed by atoms with van der Waals surface area (Å²) in [6.07, 6.45) is 3.72. The second-order valence-corrected chi connectivity index (χ2v) is 7.11. The average Bonchev–Trinajstić information content (AvgIpc) is 3.06. The van der Waals surface area contributed by atoms with Gasteiger partial charge in [0.2, 0.25) is 0 Å². The molecule has 1 fully saturated rings. The Hall–Kier alpha value is -2.14. The number of benzene rings is 1. The van der Waals surface area contributed by atoms with Gasteiger partial charge in [0.15, 0.2) is 0 Å². The first-order valence-corrected chi connectivity index (χ1v) is 9.07. The molecule has 1 N–H and O–H groups in total. The van der Waals surface area contributed by atoms with Gasteiger partial charge in [-0.05, 0) is 43.7 Å². The Kier molecular flexibility index (Phi) is 5.53. The van der Waals surface area contributed by atoms with Crippen molar-refractivity contribution >= 4 is 5.91 Å². The number of hydrogen-bond acceptors (Lipinski definition) is 3. The third-order valence-electron chi connectivity index (χ3n) is 4.77. The Morgan fingerprint density at radius 1 is 1.28 bits per heavy atom. The molecule has 134 valence electrons. The van der Waals surface area contributed by atoms with E-state index < -0.39 is 0 Å². The molecule has 0 aliphatic carbocycles. The van der Waals surface area contributed by atoms with Gasteiger partial charge in [0.05, 0.1) is 23.1 Å². The van der Waals surface area contributed by atoms with Gasteiger partial charge in [-0.2, -0.15) is 5.10 Å². The van der Waals surface area contributed by atoms with Crippen molar-refractivity contribution in [3.8, 4) is 5.69 Å². The standard InChI is InChI=1S/C20H27N3O2/c1-14(2)19-18(20(24)21-12-16-8-10-25-11-9-16)13-22-23(19)17-6-4-15(3)5-7-17/h4-7,13-14,16H,8-12H2,1-3H3,(H,21,24). The van der Waals surface area contributed by atoms with Crippen LogP contribution in [-0.4, -0.2) is 35.4 Å². The highest BCUT2D eigenvalue weighted by atomic mass is 16.5. The molecule has 1 saturated heterocycles. The van der Waals surface area contributed by atoms with Gasteiger partial charge in [0, 0.05) is 19.8 Å². The molecule has 1 amide bonds. The van der Waals surface area contributed by atoms with E-state index >= 15 is 0 Å². The molecule has 1 aliphatic rings. The van der Waals surface area contributed by atoms with Crippen LogP contribution in [0, 0.1) is 12.8 Å². The first-order valence-electron chi connectivity index (χ1n) is 9.07. The first kappa shape index (κ1) is 17.7. The second-order valence-electron chi connectivity index (χ2n) is 7.11. The van der Waals surface area contributed by atoms with E-state index in [-0.39, 0.29) is 11.8 Å². The van der Waals surface area contributed by atoms with Crippen molar-refractivity contribution in [1.29, 1.82) is 0 Å². The van der Waals surface area contributed by atoms with Gasteiger partial charge in [-0.3, -0.25) is 4.79 Å². The van der Waals surface area contributed by atoms with Gasteiger partial charge in [0.25, 0.3) is 5.91 Å². The minimum Gasteiger partial charge on any atom is -0.381 e. The van der Waals surface area contributed by atoms with Crippen molar-refractivity contribution in [1.82, 2.24) is 15.1 Å². The van der Waals surface area contributed by atoms with Crippen LogP contribution in [0.15, 0.2) is 30.5 Å². The topological polar surface area (TPSA) is 56.2 Å². The van der Waals surface area contributed by atoms with Crippen LogP contribution in [0.5, 0.6) is 0 Å². The maximum absolute atomic E-state index is 12.7. The number of aryl methyl sites for hydroxylation is 1. The van der Waals surface area contributed by atoms with Crippen molar-refractivity contribution in [3.63, 3.8) is 0 Å². The van der Waals surface area contributed by atoms with Gasteiger partial charge in [0.1, 0.15) is 0 Å². The molecule has 0 atom stereocenters. The monoisotopic (exact) mass is 341 g/mol. The minimum atomic E-state index is -0.0337. The van der Waals surface area contributed by atoms with E-state index in [9.17, 15) is 4.79 Å². The van der Waals surface area contributed by atoms with Gasteiger partial charge < -0.3 is 10.1 Å². The highest BCUT2D eigenvalue weighted by Crippen LogP contribution is 2.23. The van der Waals surface area contributed by atoms with E-state index in [1.165, 1.54) is 5.56 Å². The summed E-state index contributed by atoms with van der Waals surface area (Å²) in [5, 5.41) is 7.58. The largest absolute Gasteiger partial charge is 0.381 e. The molecule has 5 heteroatoms. The van der Waals surface area contributed by atoms with Crippen LogP contribution >= 0.6 is 0 Å². The summed E-state index contributed by atoms with van der Waals surface area (Å²) in [6, 6.07) is 8.20. The summed E-state index contributed by atoms with van der Waals surface area (Å²) in [6.45, 7) is 8.54. The molecule has 1 aromatic heterocycles. The van der Waals surface area contributed by atoms with Crippen molar-refractivity contribution < 1.29 is 9.53 Å². The van der Waals surface area contributed by atoms with Crippen molar-refractivity contribution in [3.05, 3.63) is 47.3 Å². The molecule has 2 aromatic rings. The summed E-state index contributed by atoms with van der Waals surface area (Å²) in [5.41, 5.74) is 3.81. The Morgan fingerprint density at radius 2 is 1.96 bits per heavy atom. The summed E-state index contributed by atoms with van der Waals surface area (Å²) < 4.78 is 7.26. The number of nitrogens with one attached hydrogen (secondary N) is 1. The summed E-state index contributed by atoms with van der Waals surface area (Å²) >= 11 is 0. The molecule has 0 saturated carbocycles. The fourth-order valence-corrected chi connectivity index (χ4v) is 3.26. The van der Waals surface area contributed by atoms with Gasteiger partial charge in [-0.1, -0.05) is 31.5 Å². The molecule has 5 nitrogen and oxygen atoms in total. The van der Waals surface area contributed by atoms with Gasteiger partial charge >= 0.3 is 0 Å². The molecule has 25 heavy (non-hydrogen) atoms. The van der Waals surface area contributed by atoms with Crippen LogP contribution in [0.4, 0.5) is 0 Å². The smallest absolute Gasteiger partial charge is 0.254 e. The second kappa shape index (κ2) is 7.83. The lowest BCUT2D eigenvalue weighted by Crippen LogP contribution is -2.32. The van der Waals surface area contributed by atoms with Gasteiger partial charge in [-0.25, -0.2) is 4.68 Å². The quantitative estimate of drug-likeness (QED) is 0.906. The molecular formula is C20H27N3O2. The van der Waals surface area contributed by atoms with E-state index in [1.807, 2.05) is 16.8 Å². The Balaban J connectivity index is 1.78. The molecule has 3 rings (SSSR count). The van der Waals surface area contributed by atoms with E-state index in [2.05, 4.69) is 43.3 Å². The number of rotatable bonds is 5. The fourth-order valence-electron chi connectivity index (χ4n) is 3.26. The minimum absolute atomic E-state index is 0.0337. The maximum atomic E-state index is 12.7. The molecule has 2 heterocycles. The van der Waals surface area contributed by atoms with Crippen LogP contribution in [0.25, 0.3) is 5.69 Å². The van der Waals surface area contributed by atoms with Crippen LogP contribution in [-0.2, 0) is 4.74 Å². The van der Waals surface area contributed by atoms with Crippen molar-refractivity contribution in [2.24, 2.45) is 5.92 Å². The van der Waals surface area contributed by atoms with Crippen LogP contribution in [0.2, 0.25) is 0 Å². The molecule has 0 unspecified atom stereocenters. The number of aromatic nitrogens is 2. The van der Waals surface area contributed by atoms with Crippen molar-refractivity contribution in [2.45, 2.75) is 39.5 Å². The Bertz CT molecular complexity index is 713. The number of nitrogens with zero attached hydrogens (tertiary/aromatic N) is 2. The number of carbonyl (C=O) groups excluding carboxylic acids is 1. The Morgan fingerprint density at radius 3 is 2.60 bits per heavy atom. The number of carbonyl (C=O) groups is 1. The first-order chi connectivity index (χ1) is 12.1. The number of hydrogen-bond donors (Lipinski definition) is 1. The summed E-state index contributed by atoms with van der Waals surface area (Å²) in [5.74, 6) is 0.675. The number of amides is 1. The number of ether oxygens (including phenoxy) is 1. The highest BCUT2D eigenvalue weighted by molar-refractivity contribution is 5.95. The van der Waals surface area contributed by atoms with Crippen LogP contribution in [0.3, 0.4) is 0 Å². The lowest BCUT2D eigenvalue weighted by Gasteiger charge is -2.22. The van der Waals surface area contributed by atoms with E-state index in [4.69, 9.17) is 4.74 Å². The lowest BCUT2D eigenvalue weighted by molar-refractivity contribution is 0.0642. The summed E-state index contributed by atoms with van der Waals surface area (Å²) in [7, 11) is 0. The molecule has 0 bridgehead atoms. The predicted octanol–water partition coefficient (Wildman–Crippen LogP) is 3.46. The summed E-state index contributed by atoms with van der Waals surface area (Å²) in [4.78, 5) is 12.7. The van der Waals surface area contributed by atoms with E-state index in [1.54, 1.807) is 6.20 Å². The van der Waals surface area contributed by atoms with Crippen molar-refractivity contribution in [2.75, 3.05) is 19.8 Å². The molecule has 0 spiro atoms. The van der Waals surface area contributed by atoms with Gasteiger partial charge in [-0.15, -0.1) is 0 Å². The van der Waals surface area contributed by atoms with E-state index in [0.29, 0.717) is 18.0 Å². The molecule has 1 aromatic carbocycles. The zero-order chi connectivity index (χ0) is 17.8. The molecule has 0 radical (unpaired) electrons. The molecule has 1 aliphatic heterocycles. The Labute approximate surface area is 149 Å². The van der Waals surface area contributed by atoms with Crippen LogP contribution < -0.4 is 5.32 Å². The molecular weight excluding hydrogens is 314 g/mol. The third kappa shape index (κ3) is 4.10. The maximum Gasteiger partial charge on any atom is 0.254 e. The zero-order valence-electron chi connectivity index (χ0n) is 15.3. The van der Waals surface area contributed by atoms with Crippen LogP contribution in [0.1, 0.15) is 54.2 Å². The van der Waals surface area contributed by atoms with E-state index in [0.717, 1.165) is 37.4 Å². The third-order valence-corrected chi connectivity index (χ3v) is 4.77. The highest BCUT2D eigenvalue weighted by Gasteiger charge is 2.22. The fraction of sp³-hybridized carbons (Fsp3) is 0.500. The predicted molar refractivity (Wildman–Crippen MR) is 98.3 cm³/mol. The lowest BCUT2D eigenvalue weighted by atomic mass is 10.00. The zero-order valence-corrected chi connectivity index (χ0v) is 15.3. The SMILES string of the molecule is Cc1ccc(-n2ncc(C(=O)NCC3CCOCC3)c2C(C)C)cc1. The normalized spacial score (nSPS) is 15.5. The average molecular weight is 341 g/mol.